The van der Waals surface area contributed by atoms with Gasteiger partial charge in [-0.15, -0.1) is 0 Å². The van der Waals surface area contributed by atoms with E-state index >= 15 is 0 Å². The van der Waals surface area contributed by atoms with Crippen molar-refractivity contribution in [3.05, 3.63) is 90.0 Å². The molecule has 3 aromatic rings. The zero-order valence-corrected chi connectivity index (χ0v) is 15.7. The van der Waals surface area contributed by atoms with E-state index in [1.807, 2.05) is 47.4 Å². The van der Waals surface area contributed by atoms with Crippen molar-refractivity contribution in [3.63, 3.8) is 0 Å². The van der Waals surface area contributed by atoms with E-state index in [0.717, 1.165) is 22.6 Å². The van der Waals surface area contributed by atoms with Gasteiger partial charge >= 0.3 is 0 Å². The maximum absolute atomic E-state index is 13.6. The van der Waals surface area contributed by atoms with Crippen LogP contribution in [0.1, 0.15) is 11.1 Å². The minimum absolute atomic E-state index is 0.263. The molecule has 0 saturated heterocycles. The monoisotopic (exact) mass is 381 g/mol. The molecule has 4 nitrogen and oxygen atoms in total. The SMILES string of the molecule is COc1cccc(NC(=S)N(Cc2cccnc2)Cc2cccc(F)c2)c1. The Hall–Kier alpha value is -2.99. The van der Waals surface area contributed by atoms with E-state index in [0.29, 0.717) is 18.2 Å². The molecule has 0 aliphatic heterocycles. The molecule has 0 radical (unpaired) electrons. The zero-order valence-electron chi connectivity index (χ0n) is 14.9. The Bertz CT molecular complexity index is 905. The average Bonchev–Trinajstić information content (AvgIpc) is 2.68. The molecule has 1 aromatic heterocycles. The van der Waals surface area contributed by atoms with Gasteiger partial charge in [0.15, 0.2) is 5.11 Å². The molecule has 0 fully saturated rings. The second-order valence-corrected chi connectivity index (χ2v) is 6.40. The summed E-state index contributed by atoms with van der Waals surface area (Å²) in [6.45, 7) is 1.03. The number of nitrogens with zero attached hydrogens (tertiary/aromatic N) is 2. The van der Waals surface area contributed by atoms with E-state index in [-0.39, 0.29) is 5.82 Å². The van der Waals surface area contributed by atoms with Crippen LogP contribution in [0, 0.1) is 5.82 Å². The molecule has 0 saturated carbocycles. The zero-order chi connectivity index (χ0) is 19.1. The van der Waals surface area contributed by atoms with Gasteiger partial charge in [-0.25, -0.2) is 4.39 Å². The van der Waals surface area contributed by atoms with E-state index < -0.39 is 0 Å². The summed E-state index contributed by atoms with van der Waals surface area (Å²) >= 11 is 5.63. The standard InChI is InChI=1S/C21H20FN3OS/c1-26-20-9-3-8-19(12-20)24-21(27)25(15-17-6-4-10-23-13-17)14-16-5-2-7-18(22)11-16/h2-13H,14-15H2,1H3,(H,24,27). The van der Waals surface area contributed by atoms with E-state index in [2.05, 4.69) is 10.3 Å². The topological polar surface area (TPSA) is 37.4 Å². The number of hydrogen-bond donors (Lipinski definition) is 1. The van der Waals surface area contributed by atoms with E-state index in [4.69, 9.17) is 17.0 Å². The number of thiocarbonyl (C=S) groups is 1. The molecular formula is C21H20FN3OS. The molecule has 0 atom stereocenters. The Morgan fingerprint density at radius 1 is 1.07 bits per heavy atom. The normalized spacial score (nSPS) is 10.3. The molecule has 0 aliphatic rings. The van der Waals surface area contributed by atoms with Gasteiger partial charge in [0.2, 0.25) is 0 Å². The summed E-state index contributed by atoms with van der Waals surface area (Å²) in [5.74, 6) is 0.479. The summed E-state index contributed by atoms with van der Waals surface area (Å²) in [4.78, 5) is 6.13. The third-order valence-electron chi connectivity index (χ3n) is 3.97. The van der Waals surface area contributed by atoms with E-state index in [1.54, 1.807) is 25.6 Å². The molecule has 3 rings (SSSR count). The highest BCUT2D eigenvalue weighted by atomic mass is 32.1. The molecule has 6 heteroatoms. The molecule has 0 unspecified atom stereocenters. The van der Waals surface area contributed by atoms with Gasteiger partial charge < -0.3 is 15.0 Å². The van der Waals surface area contributed by atoms with Crippen LogP contribution in [0.25, 0.3) is 0 Å². The maximum atomic E-state index is 13.6. The maximum Gasteiger partial charge on any atom is 0.174 e. The average molecular weight is 381 g/mol. The number of hydrogen-bond acceptors (Lipinski definition) is 3. The van der Waals surface area contributed by atoms with E-state index in [9.17, 15) is 4.39 Å². The number of anilines is 1. The van der Waals surface area contributed by atoms with Crippen LogP contribution in [0.5, 0.6) is 5.75 Å². The third-order valence-corrected chi connectivity index (χ3v) is 4.33. The highest BCUT2D eigenvalue weighted by molar-refractivity contribution is 7.80. The Morgan fingerprint density at radius 3 is 2.59 bits per heavy atom. The molecule has 1 heterocycles. The fourth-order valence-corrected chi connectivity index (χ4v) is 2.92. The lowest BCUT2D eigenvalue weighted by atomic mass is 10.2. The minimum atomic E-state index is -0.263. The lowest BCUT2D eigenvalue weighted by molar-refractivity contribution is 0.410. The van der Waals surface area contributed by atoms with Crippen molar-refractivity contribution in [2.75, 3.05) is 12.4 Å². The highest BCUT2D eigenvalue weighted by Gasteiger charge is 2.13. The predicted molar refractivity (Wildman–Crippen MR) is 109 cm³/mol. The number of ether oxygens (including phenoxy) is 1. The van der Waals surface area contributed by atoms with Crippen molar-refractivity contribution in [2.45, 2.75) is 13.1 Å². The fraction of sp³-hybridized carbons (Fsp3) is 0.143. The minimum Gasteiger partial charge on any atom is -0.497 e. The first-order chi connectivity index (χ1) is 13.1. The van der Waals surface area contributed by atoms with Crippen molar-refractivity contribution in [2.24, 2.45) is 0 Å². The van der Waals surface area contributed by atoms with Crippen LogP contribution < -0.4 is 10.1 Å². The lowest BCUT2D eigenvalue weighted by Crippen LogP contribution is -2.33. The van der Waals surface area contributed by atoms with Crippen LogP contribution in [-0.4, -0.2) is 22.1 Å². The van der Waals surface area contributed by atoms with Crippen LogP contribution in [0.2, 0.25) is 0 Å². The Morgan fingerprint density at radius 2 is 1.85 bits per heavy atom. The molecule has 0 amide bonds. The van der Waals surface area contributed by atoms with Gasteiger partial charge in [0, 0.05) is 37.2 Å². The first-order valence-electron chi connectivity index (χ1n) is 8.47. The Labute approximate surface area is 163 Å². The van der Waals surface area contributed by atoms with Gasteiger partial charge in [-0.05, 0) is 53.7 Å². The number of aromatic nitrogens is 1. The largest absolute Gasteiger partial charge is 0.497 e. The van der Waals surface area contributed by atoms with Crippen LogP contribution in [-0.2, 0) is 13.1 Å². The second-order valence-electron chi connectivity index (χ2n) is 6.01. The number of halogens is 1. The molecule has 0 spiro atoms. The summed E-state index contributed by atoms with van der Waals surface area (Å²) < 4.78 is 18.8. The number of benzene rings is 2. The number of pyridine rings is 1. The van der Waals surface area contributed by atoms with Gasteiger partial charge in [-0.1, -0.05) is 24.3 Å². The summed E-state index contributed by atoms with van der Waals surface area (Å²) in [6, 6.07) is 17.9. The molecule has 2 aromatic carbocycles. The molecule has 27 heavy (non-hydrogen) atoms. The van der Waals surface area contributed by atoms with Crippen LogP contribution in [0.15, 0.2) is 73.1 Å². The van der Waals surface area contributed by atoms with Crippen LogP contribution in [0.4, 0.5) is 10.1 Å². The summed E-state index contributed by atoms with van der Waals surface area (Å²) in [5, 5.41) is 3.77. The first-order valence-corrected chi connectivity index (χ1v) is 8.88. The molecule has 0 bridgehead atoms. The molecular weight excluding hydrogens is 361 g/mol. The van der Waals surface area contributed by atoms with Gasteiger partial charge in [-0.2, -0.15) is 0 Å². The summed E-state index contributed by atoms with van der Waals surface area (Å²) in [7, 11) is 1.62. The van der Waals surface area contributed by atoms with Crippen molar-refractivity contribution in [1.82, 2.24) is 9.88 Å². The smallest absolute Gasteiger partial charge is 0.174 e. The van der Waals surface area contributed by atoms with Crippen molar-refractivity contribution in [3.8, 4) is 5.75 Å². The van der Waals surface area contributed by atoms with Gasteiger partial charge in [-0.3, -0.25) is 4.98 Å². The highest BCUT2D eigenvalue weighted by Crippen LogP contribution is 2.18. The molecule has 1 N–H and O–H groups in total. The Kier molecular flexibility index (Phi) is 6.33. The fourth-order valence-electron chi connectivity index (χ4n) is 2.67. The number of methoxy groups -OCH3 is 1. The first kappa shape index (κ1) is 18.8. The van der Waals surface area contributed by atoms with E-state index in [1.165, 1.54) is 12.1 Å². The van der Waals surface area contributed by atoms with Crippen molar-refractivity contribution >= 4 is 23.0 Å². The quantitative estimate of drug-likeness (QED) is 0.630. The number of nitrogens with one attached hydrogen (secondary N) is 1. The third kappa shape index (κ3) is 5.49. The molecule has 138 valence electrons. The van der Waals surface area contributed by atoms with Crippen LogP contribution >= 0.6 is 12.2 Å². The lowest BCUT2D eigenvalue weighted by Gasteiger charge is -2.26. The second kappa shape index (κ2) is 9.09. The molecule has 0 aliphatic carbocycles. The van der Waals surface area contributed by atoms with Crippen molar-refractivity contribution < 1.29 is 9.13 Å². The van der Waals surface area contributed by atoms with Gasteiger partial charge in [0.05, 0.1) is 7.11 Å². The van der Waals surface area contributed by atoms with Crippen LogP contribution in [0.3, 0.4) is 0 Å². The summed E-state index contributed by atoms with van der Waals surface area (Å²) in [6.07, 6.45) is 3.53. The van der Waals surface area contributed by atoms with Crippen molar-refractivity contribution in [1.29, 1.82) is 0 Å². The van der Waals surface area contributed by atoms with Gasteiger partial charge in [0.1, 0.15) is 11.6 Å². The predicted octanol–water partition coefficient (Wildman–Crippen LogP) is 4.63. The summed E-state index contributed by atoms with van der Waals surface area (Å²) in [5.41, 5.74) is 2.69. The Balaban J connectivity index is 1.80. The van der Waals surface area contributed by atoms with Gasteiger partial charge in [0.25, 0.3) is 0 Å². The number of rotatable bonds is 6.